The molecule has 1 saturated heterocycles. The number of amides is 1. The summed E-state index contributed by atoms with van der Waals surface area (Å²) in [6.45, 7) is 3.79. The summed E-state index contributed by atoms with van der Waals surface area (Å²) >= 11 is 1.74. The van der Waals surface area contributed by atoms with Crippen LogP contribution in [0.4, 0.5) is 0 Å². The first-order chi connectivity index (χ1) is 12.6. The number of nitrogens with one attached hydrogen (secondary N) is 1. The molecule has 3 rings (SSSR count). The lowest BCUT2D eigenvalue weighted by Gasteiger charge is -2.37. The summed E-state index contributed by atoms with van der Waals surface area (Å²) in [6, 6.07) is 16.7. The number of hydrogen-bond acceptors (Lipinski definition) is 4. The summed E-state index contributed by atoms with van der Waals surface area (Å²) in [4.78, 5) is 18.3. The van der Waals surface area contributed by atoms with Gasteiger partial charge in [0.1, 0.15) is 0 Å². The van der Waals surface area contributed by atoms with E-state index in [-0.39, 0.29) is 5.91 Å². The Morgan fingerprint density at radius 2 is 1.65 bits per heavy atom. The Kier molecular flexibility index (Phi) is 6.35. The van der Waals surface area contributed by atoms with Gasteiger partial charge in [-0.1, -0.05) is 24.3 Å². The lowest BCUT2D eigenvalue weighted by Crippen LogP contribution is -2.54. The molecule has 0 aliphatic carbocycles. The maximum Gasteiger partial charge on any atom is 0.251 e. The molecular weight excluding hydrogens is 342 g/mol. The maximum absolute atomic E-state index is 12.5. The normalized spacial score (nSPS) is 18.7. The molecule has 4 nitrogen and oxygen atoms in total. The van der Waals surface area contributed by atoms with E-state index in [0.717, 1.165) is 25.2 Å². The van der Waals surface area contributed by atoms with Gasteiger partial charge in [0.05, 0.1) is 0 Å². The van der Waals surface area contributed by atoms with E-state index in [1.54, 1.807) is 11.8 Å². The minimum Gasteiger partial charge on any atom is -0.350 e. The van der Waals surface area contributed by atoms with Gasteiger partial charge in [0.2, 0.25) is 0 Å². The molecule has 1 N–H and O–H groups in total. The van der Waals surface area contributed by atoms with E-state index in [0.29, 0.717) is 18.2 Å². The van der Waals surface area contributed by atoms with Crippen LogP contribution in [-0.4, -0.2) is 68.3 Å². The number of likely N-dealkylation sites (N-methyl/N-ethyl adjacent to an activating group) is 2. The number of hydrogen-bond donors (Lipinski definition) is 1. The van der Waals surface area contributed by atoms with Crippen molar-refractivity contribution >= 4 is 17.7 Å². The van der Waals surface area contributed by atoms with E-state index >= 15 is 0 Å². The second-order valence-electron chi connectivity index (χ2n) is 6.91. The smallest absolute Gasteiger partial charge is 0.251 e. The lowest BCUT2D eigenvalue weighted by atomic mass is 10.0. The third-order valence-corrected chi connectivity index (χ3v) is 5.79. The summed E-state index contributed by atoms with van der Waals surface area (Å²) in [5, 5.41) is 3.08. The number of rotatable bonds is 5. The average molecular weight is 370 g/mol. The highest BCUT2D eigenvalue weighted by molar-refractivity contribution is 7.98. The molecule has 2 aromatic carbocycles. The van der Waals surface area contributed by atoms with Crippen molar-refractivity contribution in [3.63, 3.8) is 0 Å². The summed E-state index contributed by atoms with van der Waals surface area (Å²) < 4.78 is 0. The standard InChI is InChI=1S/C21H27N3OS/c1-23-12-13-24(2)19(15-23)14-22-21(25)18-6-4-16(5-7-18)17-8-10-20(26-3)11-9-17/h4-11,19H,12-15H2,1-3H3,(H,22,25). The van der Waals surface area contributed by atoms with Crippen molar-refractivity contribution in [2.24, 2.45) is 0 Å². The highest BCUT2D eigenvalue weighted by Crippen LogP contribution is 2.23. The number of benzene rings is 2. The number of nitrogens with zero attached hydrogens (tertiary/aromatic N) is 2. The molecule has 1 unspecified atom stereocenters. The van der Waals surface area contributed by atoms with Crippen molar-refractivity contribution < 1.29 is 4.79 Å². The van der Waals surface area contributed by atoms with E-state index in [4.69, 9.17) is 0 Å². The first-order valence-electron chi connectivity index (χ1n) is 8.98. The molecular formula is C21H27N3OS. The zero-order chi connectivity index (χ0) is 18.5. The van der Waals surface area contributed by atoms with Gasteiger partial charge >= 0.3 is 0 Å². The molecule has 1 amide bonds. The first kappa shape index (κ1) is 19.0. The first-order valence-corrected chi connectivity index (χ1v) is 10.2. The van der Waals surface area contributed by atoms with Crippen molar-refractivity contribution in [3.8, 4) is 11.1 Å². The molecule has 1 heterocycles. The average Bonchev–Trinajstić information content (AvgIpc) is 2.68. The fraction of sp³-hybridized carbons (Fsp3) is 0.381. The fourth-order valence-corrected chi connectivity index (χ4v) is 3.64. The number of carbonyl (C=O) groups excluding carboxylic acids is 1. The van der Waals surface area contributed by atoms with E-state index in [1.165, 1.54) is 10.5 Å². The molecule has 5 heteroatoms. The number of piperazine rings is 1. The lowest BCUT2D eigenvalue weighted by molar-refractivity contribution is 0.0881. The van der Waals surface area contributed by atoms with E-state index in [2.05, 4.69) is 59.7 Å². The number of carbonyl (C=O) groups is 1. The zero-order valence-corrected chi connectivity index (χ0v) is 16.6. The van der Waals surface area contributed by atoms with Gasteiger partial charge in [-0.05, 0) is 55.7 Å². The highest BCUT2D eigenvalue weighted by Gasteiger charge is 2.22. The van der Waals surface area contributed by atoms with Crippen molar-refractivity contribution in [2.75, 3.05) is 46.5 Å². The fourth-order valence-electron chi connectivity index (χ4n) is 3.23. The molecule has 0 spiro atoms. The van der Waals surface area contributed by atoms with Gasteiger partial charge in [-0.25, -0.2) is 0 Å². The third kappa shape index (κ3) is 4.67. The molecule has 0 aromatic heterocycles. The second kappa shape index (κ2) is 8.71. The molecule has 1 atom stereocenters. The van der Waals surface area contributed by atoms with E-state index < -0.39 is 0 Å². The predicted molar refractivity (Wildman–Crippen MR) is 110 cm³/mol. The van der Waals surface area contributed by atoms with Crippen LogP contribution in [0.5, 0.6) is 0 Å². The molecule has 26 heavy (non-hydrogen) atoms. The van der Waals surface area contributed by atoms with Crippen LogP contribution in [0.1, 0.15) is 10.4 Å². The van der Waals surface area contributed by atoms with Crippen LogP contribution >= 0.6 is 11.8 Å². The van der Waals surface area contributed by atoms with Crippen molar-refractivity contribution in [1.29, 1.82) is 0 Å². The minimum atomic E-state index is -0.00379. The summed E-state index contributed by atoms with van der Waals surface area (Å²) in [5.41, 5.74) is 3.01. The van der Waals surface area contributed by atoms with Gasteiger partial charge < -0.3 is 10.2 Å². The van der Waals surface area contributed by atoms with Gasteiger partial charge in [-0.2, -0.15) is 0 Å². The van der Waals surface area contributed by atoms with Crippen LogP contribution in [0.25, 0.3) is 11.1 Å². The summed E-state index contributed by atoms with van der Waals surface area (Å²) in [7, 11) is 4.26. The van der Waals surface area contributed by atoms with E-state index in [9.17, 15) is 4.79 Å². The predicted octanol–water partition coefficient (Wildman–Crippen LogP) is 3.05. The summed E-state index contributed by atoms with van der Waals surface area (Å²) in [5.74, 6) is -0.00379. The third-order valence-electron chi connectivity index (χ3n) is 5.05. The van der Waals surface area contributed by atoms with Gasteiger partial charge in [0.25, 0.3) is 5.91 Å². The SMILES string of the molecule is CSc1ccc(-c2ccc(C(=O)NCC3CN(C)CCN3C)cc2)cc1. The van der Waals surface area contributed by atoms with Crippen LogP contribution in [0, 0.1) is 0 Å². The van der Waals surface area contributed by atoms with Gasteiger partial charge in [-0.15, -0.1) is 11.8 Å². The van der Waals surface area contributed by atoms with Crippen LogP contribution in [-0.2, 0) is 0 Å². The Morgan fingerprint density at radius 3 is 2.27 bits per heavy atom. The maximum atomic E-state index is 12.5. The zero-order valence-electron chi connectivity index (χ0n) is 15.7. The van der Waals surface area contributed by atoms with Crippen LogP contribution < -0.4 is 5.32 Å². The quantitative estimate of drug-likeness (QED) is 0.822. The topological polar surface area (TPSA) is 35.6 Å². The minimum absolute atomic E-state index is 0.00379. The van der Waals surface area contributed by atoms with Crippen LogP contribution in [0.2, 0.25) is 0 Å². The van der Waals surface area contributed by atoms with Gasteiger partial charge in [0.15, 0.2) is 0 Å². The molecule has 1 fully saturated rings. The van der Waals surface area contributed by atoms with Crippen molar-refractivity contribution in [3.05, 3.63) is 54.1 Å². The molecule has 2 aromatic rings. The summed E-state index contributed by atoms with van der Waals surface area (Å²) in [6.07, 6.45) is 2.07. The monoisotopic (exact) mass is 369 g/mol. The Balaban J connectivity index is 1.59. The van der Waals surface area contributed by atoms with Gasteiger partial charge in [-0.3, -0.25) is 9.69 Å². The molecule has 1 aliphatic heterocycles. The Bertz CT molecular complexity index is 730. The Hall–Kier alpha value is -1.82. The van der Waals surface area contributed by atoms with Gasteiger partial charge in [0, 0.05) is 42.7 Å². The van der Waals surface area contributed by atoms with Crippen molar-refractivity contribution in [2.45, 2.75) is 10.9 Å². The molecule has 138 valence electrons. The molecule has 0 bridgehead atoms. The highest BCUT2D eigenvalue weighted by atomic mass is 32.2. The van der Waals surface area contributed by atoms with Crippen molar-refractivity contribution in [1.82, 2.24) is 15.1 Å². The largest absolute Gasteiger partial charge is 0.350 e. The van der Waals surface area contributed by atoms with Crippen LogP contribution in [0.15, 0.2) is 53.4 Å². The number of thioether (sulfide) groups is 1. The Morgan fingerprint density at radius 1 is 1.04 bits per heavy atom. The van der Waals surface area contributed by atoms with E-state index in [1.807, 2.05) is 24.3 Å². The molecule has 1 aliphatic rings. The molecule has 0 saturated carbocycles. The molecule has 0 radical (unpaired) electrons. The van der Waals surface area contributed by atoms with Crippen LogP contribution in [0.3, 0.4) is 0 Å². The second-order valence-corrected chi connectivity index (χ2v) is 7.79. The Labute approximate surface area is 160 Å².